The van der Waals surface area contributed by atoms with Gasteiger partial charge in [-0.15, -0.1) is 0 Å². The SMILES string of the molecule is Cc1ccccc1OS(=O)(=O)c1cccc(S(=O)(=O)NC2CC2)c1. The first-order valence-corrected chi connectivity index (χ1v) is 10.3. The molecule has 2 aromatic carbocycles. The Morgan fingerprint density at radius 1 is 0.958 bits per heavy atom. The van der Waals surface area contributed by atoms with Gasteiger partial charge in [-0.1, -0.05) is 24.3 Å². The third-order valence-corrected chi connectivity index (χ3v) is 6.35. The van der Waals surface area contributed by atoms with Gasteiger partial charge in [0.25, 0.3) is 0 Å². The molecule has 1 saturated carbocycles. The summed E-state index contributed by atoms with van der Waals surface area (Å²) in [6, 6.07) is 11.8. The summed E-state index contributed by atoms with van der Waals surface area (Å²) >= 11 is 0. The molecule has 0 unspecified atom stereocenters. The van der Waals surface area contributed by atoms with Gasteiger partial charge in [0, 0.05) is 6.04 Å². The molecule has 0 heterocycles. The number of para-hydroxylation sites is 1. The van der Waals surface area contributed by atoms with Crippen molar-refractivity contribution in [2.45, 2.75) is 35.6 Å². The summed E-state index contributed by atoms with van der Waals surface area (Å²) in [4.78, 5) is -0.298. The van der Waals surface area contributed by atoms with Gasteiger partial charge < -0.3 is 4.18 Å². The van der Waals surface area contributed by atoms with Crippen molar-refractivity contribution >= 4 is 20.1 Å². The minimum atomic E-state index is -4.12. The van der Waals surface area contributed by atoms with Crippen LogP contribution in [0.25, 0.3) is 0 Å². The molecular formula is C16H17NO5S2. The molecule has 0 aromatic heterocycles. The Hall–Kier alpha value is -1.90. The molecule has 128 valence electrons. The van der Waals surface area contributed by atoms with E-state index in [-0.39, 0.29) is 21.6 Å². The fourth-order valence-corrected chi connectivity index (χ4v) is 4.56. The first-order chi connectivity index (χ1) is 11.3. The fourth-order valence-electron chi connectivity index (χ4n) is 2.10. The Bertz CT molecular complexity index is 963. The molecule has 1 aliphatic rings. The summed E-state index contributed by atoms with van der Waals surface area (Å²) in [6.45, 7) is 1.73. The molecular weight excluding hydrogens is 350 g/mol. The van der Waals surface area contributed by atoms with Crippen molar-refractivity contribution in [2.75, 3.05) is 0 Å². The van der Waals surface area contributed by atoms with Crippen LogP contribution in [0.1, 0.15) is 18.4 Å². The van der Waals surface area contributed by atoms with E-state index in [0.29, 0.717) is 5.56 Å². The molecule has 0 atom stereocenters. The first-order valence-electron chi connectivity index (χ1n) is 7.40. The predicted octanol–water partition coefficient (Wildman–Crippen LogP) is 2.20. The van der Waals surface area contributed by atoms with Gasteiger partial charge in [0.15, 0.2) is 0 Å². The highest BCUT2D eigenvalue weighted by Gasteiger charge is 2.29. The Labute approximate surface area is 141 Å². The Morgan fingerprint density at radius 3 is 2.29 bits per heavy atom. The van der Waals surface area contributed by atoms with Crippen LogP contribution in [0.15, 0.2) is 58.3 Å². The summed E-state index contributed by atoms with van der Waals surface area (Å²) in [5, 5.41) is 0. The van der Waals surface area contributed by atoms with E-state index in [0.717, 1.165) is 18.9 Å². The summed E-state index contributed by atoms with van der Waals surface area (Å²) in [5.41, 5.74) is 0.667. The van der Waals surface area contributed by atoms with E-state index in [1.807, 2.05) is 0 Å². The van der Waals surface area contributed by atoms with Crippen molar-refractivity contribution in [3.8, 4) is 5.75 Å². The zero-order valence-electron chi connectivity index (χ0n) is 13.0. The van der Waals surface area contributed by atoms with E-state index in [4.69, 9.17) is 4.18 Å². The van der Waals surface area contributed by atoms with Crippen molar-refractivity contribution in [1.82, 2.24) is 4.72 Å². The average Bonchev–Trinajstić information content (AvgIpc) is 3.33. The maximum atomic E-state index is 12.4. The summed E-state index contributed by atoms with van der Waals surface area (Å²) in [5.74, 6) is 0.210. The van der Waals surface area contributed by atoms with Crippen LogP contribution >= 0.6 is 0 Å². The van der Waals surface area contributed by atoms with Gasteiger partial charge in [0.05, 0.1) is 4.90 Å². The molecule has 0 bridgehead atoms. The number of benzene rings is 2. The van der Waals surface area contributed by atoms with Gasteiger partial charge in [0.1, 0.15) is 10.6 Å². The second-order valence-electron chi connectivity index (χ2n) is 5.67. The van der Waals surface area contributed by atoms with E-state index >= 15 is 0 Å². The van der Waals surface area contributed by atoms with Gasteiger partial charge >= 0.3 is 10.1 Å². The van der Waals surface area contributed by atoms with Crippen molar-refractivity contribution in [3.05, 3.63) is 54.1 Å². The Kier molecular flexibility index (Phi) is 4.37. The maximum absolute atomic E-state index is 12.4. The topological polar surface area (TPSA) is 89.5 Å². The van der Waals surface area contributed by atoms with Crippen molar-refractivity contribution < 1.29 is 21.0 Å². The molecule has 0 amide bonds. The second-order valence-corrected chi connectivity index (χ2v) is 8.93. The van der Waals surface area contributed by atoms with E-state index in [9.17, 15) is 16.8 Å². The normalized spacial score (nSPS) is 15.2. The highest BCUT2D eigenvalue weighted by atomic mass is 32.2. The lowest BCUT2D eigenvalue weighted by atomic mass is 10.2. The number of rotatable bonds is 6. The summed E-state index contributed by atoms with van der Waals surface area (Å²) in [6.07, 6.45) is 1.60. The predicted molar refractivity (Wildman–Crippen MR) is 88.8 cm³/mol. The van der Waals surface area contributed by atoms with Crippen LogP contribution in [-0.2, 0) is 20.1 Å². The monoisotopic (exact) mass is 367 g/mol. The van der Waals surface area contributed by atoms with Crippen molar-refractivity contribution in [1.29, 1.82) is 0 Å². The van der Waals surface area contributed by atoms with Crippen LogP contribution in [0.2, 0.25) is 0 Å². The fraction of sp³-hybridized carbons (Fsp3) is 0.250. The number of nitrogens with one attached hydrogen (secondary N) is 1. The van der Waals surface area contributed by atoms with Crippen LogP contribution in [0.5, 0.6) is 5.75 Å². The summed E-state index contributed by atoms with van der Waals surface area (Å²) < 4.78 is 57.0. The zero-order valence-corrected chi connectivity index (χ0v) is 14.6. The quantitative estimate of drug-likeness (QED) is 0.791. The highest BCUT2D eigenvalue weighted by Crippen LogP contribution is 2.25. The Morgan fingerprint density at radius 2 is 1.62 bits per heavy atom. The second kappa shape index (κ2) is 6.19. The van der Waals surface area contributed by atoms with Gasteiger partial charge in [0.2, 0.25) is 10.0 Å². The largest absolute Gasteiger partial charge is 0.379 e. The molecule has 3 rings (SSSR count). The van der Waals surface area contributed by atoms with Crippen LogP contribution in [0.4, 0.5) is 0 Å². The van der Waals surface area contributed by atoms with Crippen LogP contribution in [-0.4, -0.2) is 22.9 Å². The molecule has 2 aromatic rings. The van der Waals surface area contributed by atoms with Gasteiger partial charge in [-0.3, -0.25) is 0 Å². The molecule has 0 radical (unpaired) electrons. The molecule has 0 saturated heterocycles. The average molecular weight is 367 g/mol. The minimum absolute atomic E-state index is 0.0570. The van der Waals surface area contributed by atoms with Crippen LogP contribution in [0.3, 0.4) is 0 Å². The zero-order chi connectivity index (χ0) is 17.4. The smallest absolute Gasteiger partial charge is 0.339 e. The number of hydrogen-bond donors (Lipinski definition) is 1. The number of hydrogen-bond acceptors (Lipinski definition) is 5. The number of aryl methyl sites for hydroxylation is 1. The standard InChI is InChI=1S/C16H17NO5S2/c1-12-5-2-3-8-16(12)22-24(20,21)15-7-4-6-14(11-15)23(18,19)17-13-9-10-13/h2-8,11,13,17H,9-10H2,1H3. The summed E-state index contributed by atoms with van der Waals surface area (Å²) in [7, 11) is -7.85. The maximum Gasteiger partial charge on any atom is 0.339 e. The third kappa shape index (κ3) is 3.77. The first kappa shape index (κ1) is 16.9. The third-order valence-electron chi connectivity index (χ3n) is 3.60. The molecule has 1 aliphatic carbocycles. The molecule has 1 N–H and O–H groups in total. The van der Waals surface area contributed by atoms with E-state index in [1.165, 1.54) is 18.2 Å². The molecule has 0 aliphatic heterocycles. The highest BCUT2D eigenvalue weighted by molar-refractivity contribution is 7.89. The van der Waals surface area contributed by atoms with Gasteiger partial charge in [-0.2, -0.15) is 8.42 Å². The van der Waals surface area contributed by atoms with Crippen molar-refractivity contribution in [3.63, 3.8) is 0 Å². The van der Waals surface area contributed by atoms with Crippen LogP contribution < -0.4 is 8.91 Å². The molecule has 8 heteroatoms. The lowest BCUT2D eigenvalue weighted by Crippen LogP contribution is -2.26. The van der Waals surface area contributed by atoms with E-state index < -0.39 is 20.1 Å². The Balaban J connectivity index is 1.91. The van der Waals surface area contributed by atoms with Gasteiger partial charge in [-0.25, -0.2) is 13.1 Å². The molecule has 24 heavy (non-hydrogen) atoms. The van der Waals surface area contributed by atoms with E-state index in [2.05, 4.69) is 4.72 Å². The number of sulfonamides is 1. The van der Waals surface area contributed by atoms with E-state index in [1.54, 1.807) is 31.2 Å². The molecule has 1 fully saturated rings. The lowest BCUT2D eigenvalue weighted by Gasteiger charge is -2.11. The molecule has 6 nitrogen and oxygen atoms in total. The minimum Gasteiger partial charge on any atom is -0.379 e. The van der Waals surface area contributed by atoms with Crippen molar-refractivity contribution in [2.24, 2.45) is 0 Å². The van der Waals surface area contributed by atoms with Crippen LogP contribution in [0, 0.1) is 6.92 Å². The lowest BCUT2D eigenvalue weighted by molar-refractivity contribution is 0.484. The van der Waals surface area contributed by atoms with Gasteiger partial charge in [-0.05, 0) is 49.6 Å². The molecule has 0 spiro atoms.